The van der Waals surface area contributed by atoms with Crippen molar-refractivity contribution in [2.75, 3.05) is 0 Å². The first-order chi connectivity index (χ1) is 9.97. The molecule has 0 aliphatic rings. The summed E-state index contributed by atoms with van der Waals surface area (Å²) in [6.45, 7) is 0. The molecule has 0 bridgehead atoms. The molecule has 0 saturated carbocycles. The van der Waals surface area contributed by atoms with Crippen LogP contribution in [0.5, 0.6) is 5.75 Å². The Labute approximate surface area is 162 Å². The van der Waals surface area contributed by atoms with E-state index in [-0.39, 0.29) is 11.7 Å². The Morgan fingerprint density at radius 2 is 1.67 bits per heavy atom. The van der Waals surface area contributed by atoms with E-state index in [4.69, 9.17) is 0 Å². The number of phenols is 1. The fourth-order valence-corrected chi connectivity index (χ4v) is 3.67. The molecule has 0 fully saturated rings. The summed E-state index contributed by atoms with van der Waals surface area (Å²) in [4.78, 5) is 11.9. The third-order valence-corrected chi connectivity index (χ3v) is 4.89. The number of benzene rings is 2. The van der Waals surface area contributed by atoms with Gasteiger partial charge in [0.25, 0.3) is 5.91 Å². The second kappa shape index (κ2) is 7.72. The molecule has 1 amide bonds. The second-order valence-corrected chi connectivity index (χ2v) is 7.61. The lowest BCUT2D eigenvalue weighted by Gasteiger charge is -2.02. The molecule has 0 saturated heterocycles. The molecule has 0 heterocycles. The van der Waals surface area contributed by atoms with Crippen LogP contribution in [0.3, 0.4) is 0 Å². The normalized spacial score (nSPS) is 10.8. The molecule has 0 aliphatic carbocycles. The third kappa shape index (κ3) is 4.77. The molecule has 4 nitrogen and oxygen atoms in total. The molecule has 2 N–H and O–H groups in total. The van der Waals surface area contributed by atoms with Gasteiger partial charge in [-0.3, -0.25) is 4.79 Å². The highest BCUT2D eigenvalue weighted by molar-refractivity contribution is 14.1. The number of nitrogens with zero attached hydrogens (tertiary/aromatic N) is 1. The van der Waals surface area contributed by atoms with E-state index in [1.807, 2.05) is 57.3 Å². The fraction of sp³-hybridized carbons (Fsp3) is 0. The van der Waals surface area contributed by atoms with Crippen LogP contribution in [0.4, 0.5) is 0 Å². The highest BCUT2D eigenvalue weighted by Gasteiger charge is 2.05. The van der Waals surface area contributed by atoms with Crippen LogP contribution in [0.2, 0.25) is 0 Å². The molecule has 0 atom stereocenters. The van der Waals surface area contributed by atoms with Crippen molar-refractivity contribution >= 4 is 79.9 Å². The number of aromatic hydroxyl groups is 1. The lowest BCUT2D eigenvalue weighted by Crippen LogP contribution is -2.17. The Kier molecular flexibility index (Phi) is 6.22. The Hall–Kier alpha value is -0.430. The standard InChI is InChI=1S/C14H9I3N2O2/c15-10-3-1-9(2-4-10)14(21)19-18-7-8-5-11(16)13(20)12(17)6-8/h1-7,20H,(H,19,21)/b18-7+. The first-order valence-corrected chi connectivity index (χ1v) is 8.98. The summed E-state index contributed by atoms with van der Waals surface area (Å²) in [5.41, 5.74) is 3.85. The average Bonchev–Trinajstić information content (AvgIpc) is 2.45. The summed E-state index contributed by atoms with van der Waals surface area (Å²) in [5.74, 6) is 0.00194. The molecular formula is C14H9I3N2O2. The van der Waals surface area contributed by atoms with Gasteiger partial charge >= 0.3 is 0 Å². The van der Waals surface area contributed by atoms with Crippen molar-refractivity contribution in [2.45, 2.75) is 0 Å². The Balaban J connectivity index is 2.05. The van der Waals surface area contributed by atoms with Gasteiger partial charge in [-0.2, -0.15) is 5.10 Å². The summed E-state index contributed by atoms with van der Waals surface area (Å²) < 4.78 is 2.55. The van der Waals surface area contributed by atoms with Crippen LogP contribution < -0.4 is 5.43 Å². The number of halogens is 3. The molecule has 0 aliphatic heterocycles. The Morgan fingerprint density at radius 3 is 2.24 bits per heavy atom. The van der Waals surface area contributed by atoms with Gasteiger partial charge < -0.3 is 5.11 Å². The molecule has 7 heteroatoms. The topological polar surface area (TPSA) is 61.7 Å². The minimum absolute atomic E-state index is 0.258. The fourth-order valence-electron chi connectivity index (χ4n) is 1.49. The zero-order chi connectivity index (χ0) is 15.4. The number of carbonyl (C=O) groups is 1. The predicted molar refractivity (Wildman–Crippen MR) is 108 cm³/mol. The van der Waals surface area contributed by atoms with Gasteiger partial charge in [-0.1, -0.05) is 0 Å². The van der Waals surface area contributed by atoms with E-state index >= 15 is 0 Å². The molecule has 0 radical (unpaired) electrons. The van der Waals surface area contributed by atoms with Crippen molar-refractivity contribution in [1.29, 1.82) is 0 Å². The number of amides is 1. The van der Waals surface area contributed by atoms with Crippen molar-refractivity contribution in [3.05, 3.63) is 58.2 Å². The molecule has 0 spiro atoms. The molecule has 108 valence electrons. The van der Waals surface area contributed by atoms with Crippen LogP contribution in [0, 0.1) is 10.7 Å². The van der Waals surface area contributed by atoms with E-state index in [2.05, 4.69) is 33.1 Å². The number of phenolic OH excluding ortho intramolecular Hbond substituents is 1. The van der Waals surface area contributed by atoms with Gasteiger partial charge in [-0.15, -0.1) is 0 Å². The smallest absolute Gasteiger partial charge is 0.271 e. The first kappa shape index (κ1) is 16.9. The number of hydrogen-bond acceptors (Lipinski definition) is 3. The summed E-state index contributed by atoms with van der Waals surface area (Å²) >= 11 is 6.28. The van der Waals surface area contributed by atoms with Gasteiger partial charge in [0, 0.05) is 9.13 Å². The molecule has 0 unspecified atom stereocenters. The molecular weight excluding hydrogens is 609 g/mol. The van der Waals surface area contributed by atoms with E-state index < -0.39 is 0 Å². The number of hydrogen-bond donors (Lipinski definition) is 2. The van der Waals surface area contributed by atoms with Gasteiger partial charge in [-0.25, -0.2) is 5.43 Å². The lowest BCUT2D eigenvalue weighted by molar-refractivity contribution is 0.0955. The zero-order valence-electron chi connectivity index (χ0n) is 10.5. The van der Waals surface area contributed by atoms with Crippen LogP contribution in [-0.2, 0) is 0 Å². The summed E-state index contributed by atoms with van der Waals surface area (Å²) in [6.07, 6.45) is 1.55. The van der Waals surface area contributed by atoms with Crippen LogP contribution in [0.1, 0.15) is 15.9 Å². The van der Waals surface area contributed by atoms with Gasteiger partial charge in [-0.05, 0) is 110 Å². The largest absolute Gasteiger partial charge is 0.506 e. The van der Waals surface area contributed by atoms with Gasteiger partial charge in [0.2, 0.25) is 0 Å². The van der Waals surface area contributed by atoms with Gasteiger partial charge in [0.05, 0.1) is 13.4 Å². The molecule has 0 aromatic heterocycles. The van der Waals surface area contributed by atoms with E-state index in [1.165, 1.54) is 0 Å². The Morgan fingerprint density at radius 1 is 1.10 bits per heavy atom. The summed E-state index contributed by atoms with van der Waals surface area (Å²) in [7, 11) is 0. The SMILES string of the molecule is O=C(N/N=C/c1cc(I)c(O)c(I)c1)c1ccc(I)cc1. The quantitative estimate of drug-likeness (QED) is 0.311. The summed E-state index contributed by atoms with van der Waals surface area (Å²) in [6, 6.07) is 10.8. The average molecular weight is 618 g/mol. The molecule has 21 heavy (non-hydrogen) atoms. The Bertz CT molecular complexity index is 677. The molecule has 2 aromatic carbocycles. The van der Waals surface area contributed by atoms with E-state index in [9.17, 15) is 9.90 Å². The lowest BCUT2D eigenvalue weighted by atomic mass is 10.2. The van der Waals surface area contributed by atoms with E-state index in [0.29, 0.717) is 5.56 Å². The molecule has 2 rings (SSSR count). The van der Waals surface area contributed by atoms with Crippen molar-refractivity contribution < 1.29 is 9.90 Å². The van der Waals surface area contributed by atoms with Crippen molar-refractivity contribution in [1.82, 2.24) is 5.43 Å². The van der Waals surface area contributed by atoms with Gasteiger partial charge in [0.15, 0.2) is 0 Å². The highest BCUT2D eigenvalue weighted by atomic mass is 127. The molecule has 2 aromatic rings. The maximum absolute atomic E-state index is 11.9. The highest BCUT2D eigenvalue weighted by Crippen LogP contribution is 2.26. The minimum atomic E-state index is -0.258. The van der Waals surface area contributed by atoms with Crippen molar-refractivity contribution in [2.24, 2.45) is 5.10 Å². The maximum atomic E-state index is 11.9. The van der Waals surface area contributed by atoms with E-state index in [0.717, 1.165) is 16.3 Å². The second-order valence-electron chi connectivity index (χ2n) is 4.04. The van der Waals surface area contributed by atoms with Crippen LogP contribution >= 0.6 is 67.8 Å². The van der Waals surface area contributed by atoms with Crippen molar-refractivity contribution in [3.8, 4) is 5.75 Å². The zero-order valence-corrected chi connectivity index (χ0v) is 17.0. The minimum Gasteiger partial charge on any atom is -0.506 e. The van der Waals surface area contributed by atoms with Gasteiger partial charge in [0.1, 0.15) is 5.75 Å². The maximum Gasteiger partial charge on any atom is 0.271 e. The first-order valence-electron chi connectivity index (χ1n) is 5.74. The monoisotopic (exact) mass is 618 g/mol. The van der Waals surface area contributed by atoms with E-state index in [1.54, 1.807) is 30.5 Å². The number of rotatable bonds is 3. The predicted octanol–water partition coefficient (Wildman–Crippen LogP) is 3.97. The van der Waals surface area contributed by atoms with Crippen molar-refractivity contribution in [3.63, 3.8) is 0 Å². The summed E-state index contributed by atoms with van der Waals surface area (Å²) in [5, 5.41) is 13.6. The number of nitrogens with one attached hydrogen (secondary N) is 1. The number of hydrazone groups is 1. The van der Waals surface area contributed by atoms with Crippen LogP contribution in [0.25, 0.3) is 0 Å². The van der Waals surface area contributed by atoms with Crippen LogP contribution in [-0.4, -0.2) is 17.2 Å². The number of carbonyl (C=O) groups excluding carboxylic acids is 1. The van der Waals surface area contributed by atoms with Crippen LogP contribution in [0.15, 0.2) is 41.5 Å². The third-order valence-electron chi connectivity index (χ3n) is 2.53.